The number of aromatic amines is 1. The molecule has 2 aromatic rings. The van der Waals surface area contributed by atoms with Crippen LogP contribution in [0.1, 0.15) is 10.4 Å². The maximum atomic E-state index is 10.8. The molecule has 2 rings (SSSR count). The number of aryl methyl sites for hydroxylation is 1. The van der Waals surface area contributed by atoms with Gasteiger partial charge >= 0.3 is 5.97 Å². The molecule has 0 atom stereocenters. The number of nitrogens with zero attached hydrogens (tertiary/aromatic N) is 2. The summed E-state index contributed by atoms with van der Waals surface area (Å²) in [7, 11) is 1.67. The van der Waals surface area contributed by atoms with E-state index in [1.807, 2.05) is 0 Å². The normalized spacial score (nSPS) is 10.8. The molecule has 6 heteroatoms. The number of hydrogen-bond acceptors (Lipinski definition) is 3. The van der Waals surface area contributed by atoms with E-state index in [1.54, 1.807) is 7.05 Å². The summed E-state index contributed by atoms with van der Waals surface area (Å²) in [6, 6.07) is 0. The van der Waals surface area contributed by atoms with Gasteiger partial charge in [0.2, 0.25) is 0 Å². The van der Waals surface area contributed by atoms with E-state index >= 15 is 0 Å². The zero-order valence-electron chi connectivity index (χ0n) is 6.90. The Hall–Kier alpha value is -1.98. The minimum Gasteiger partial charge on any atom is -0.477 e. The van der Waals surface area contributed by atoms with Crippen LogP contribution in [0.25, 0.3) is 11.0 Å². The summed E-state index contributed by atoms with van der Waals surface area (Å²) in [5, 5.41) is 12.8. The Balaban J connectivity index is 2.90. The van der Waals surface area contributed by atoms with Crippen LogP contribution < -0.4 is 5.73 Å². The zero-order valence-corrected chi connectivity index (χ0v) is 6.90. The van der Waals surface area contributed by atoms with Gasteiger partial charge in [0.05, 0.1) is 11.7 Å². The molecule has 0 saturated heterocycles. The van der Waals surface area contributed by atoms with Crippen molar-refractivity contribution in [2.75, 3.05) is 5.73 Å². The lowest BCUT2D eigenvalue weighted by molar-refractivity contribution is 0.0699. The minimum absolute atomic E-state index is 0.0787. The fourth-order valence-corrected chi connectivity index (χ4v) is 1.38. The molecule has 0 aliphatic carbocycles. The molecule has 0 aliphatic heterocycles. The number of carboxylic acids is 1. The van der Waals surface area contributed by atoms with Crippen molar-refractivity contribution >= 4 is 22.8 Å². The number of hydrogen-bond donors (Lipinski definition) is 3. The van der Waals surface area contributed by atoms with E-state index in [9.17, 15) is 4.79 Å². The van der Waals surface area contributed by atoms with Gasteiger partial charge in [0, 0.05) is 7.05 Å². The molecule has 2 heterocycles. The molecule has 6 nitrogen and oxygen atoms in total. The first-order valence-corrected chi connectivity index (χ1v) is 3.63. The second kappa shape index (κ2) is 2.25. The summed E-state index contributed by atoms with van der Waals surface area (Å²) in [5.41, 5.74) is 6.72. The predicted octanol–water partition coefficient (Wildman–Crippen LogP) is 0.182. The van der Waals surface area contributed by atoms with Crippen LogP contribution >= 0.6 is 0 Å². The van der Waals surface area contributed by atoms with Crippen molar-refractivity contribution in [1.29, 1.82) is 0 Å². The number of H-pyrrole nitrogens is 1. The van der Waals surface area contributed by atoms with Gasteiger partial charge in [0.15, 0.2) is 0 Å². The molecular weight excluding hydrogens is 172 g/mol. The van der Waals surface area contributed by atoms with Crippen LogP contribution in [0.2, 0.25) is 0 Å². The van der Waals surface area contributed by atoms with Gasteiger partial charge in [-0.05, 0) is 0 Å². The van der Waals surface area contributed by atoms with Gasteiger partial charge < -0.3 is 15.8 Å². The van der Waals surface area contributed by atoms with E-state index in [1.165, 1.54) is 10.9 Å². The van der Waals surface area contributed by atoms with Gasteiger partial charge in [-0.2, -0.15) is 5.10 Å². The van der Waals surface area contributed by atoms with Crippen LogP contribution in [0.4, 0.5) is 5.82 Å². The third kappa shape index (κ3) is 0.883. The fourth-order valence-electron chi connectivity index (χ4n) is 1.38. The van der Waals surface area contributed by atoms with E-state index in [0.29, 0.717) is 11.0 Å². The highest BCUT2D eigenvalue weighted by Gasteiger charge is 2.18. The van der Waals surface area contributed by atoms with Crippen LogP contribution in [0.15, 0.2) is 6.20 Å². The zero-order chi connectivity index (χ0) is 9.59. The molecule has 0 aromatic carbocycles. The summed E-state index contributed by atoms with van der Waals surface area (Å²) in [4.78, 5) is 13.5. The average Bonchev–Trinajstić information content (AvgIpc) is 2.51. The van der Waals surface area contributed by atoms with Gasteiger partial charge in [0.25, 0.3) is 0 Å². The Morgan fingerprint density at radius 1 is 1.77 bits per heavy atom. The first-order chi connectivity index (χ1) is 6.11. The summed E-state index contributed by atoms with van der Waals surface area (Å²) in [6.07, 6.45) is 1.54. The Bertz CT molecular complexity index is 482. The molecule has 0 bridgehead atoms. The van der Waals surface area contributed by atoms with Crippen molar-refractivity contribution in [3.8, 4) is 0 Å². The van der Waals surface area contributed by atoms with Crippen molar-refractivity contribution < 1.29 is 9.90 Å². The Labute approximate surface area is 73.0 Å². The number of aromatic nitrogens is 3. The highest BCUT2D eigenvalue weighted by atomic mass is 16.4. The Morgan fingerprint density at radius 3 is 3.08 bits per heavy atom. The number of aromatic carboxylic acids is 1. The van der Waals surface area contributed by atoms with E-state index in [4.69, 9.17) is 10.8 Å². The monoisotopic (exact) mass is 180 g/mol. The van der Waals surface area contributed by atoms with Gasteiger partial charge in [-0.1, -0.05) is 0 Å². The Kier molecular flexibility index (Phi) is 1.33. The molecule has 0 aliphatic rings. The fraction of sp³-hybridized carbons (Fsp3) is 0.143. The first kappa shape index (κ1) is 7.66. The molecule has 0 amide bonds. The molecule has 0 radical (unpaired) electrons. The molecule has 0 saturated carbocycles. The number of fused-ring (bicyclic) bond motifs is 1. The third-order valence-corrected chi connectivity index (χ3v) is 1.93. The van der Waals surface area contributed by atoms with Crippen LogP contribution in [0, 0.1) is 0 Å². The first-order valence-electron chi connectivity index (χ1n) is 3.63. The maximum Gasteiger partial charge on any atom is 0.341 e. The van der Waals surface area contributed by atoms with Gasteiger partial charge in [-0.15, -0.1) is 0 Å². The Morgan fingerprint density at radius 2 is 2.46 bits per heavy atom. The number of nitrogen functional groups attached to an aromatic ring is 1. The van der Waals surface area contributed by atoms with Crippen LogP contribution in [-0.4, -0.2) is 25.8 Å². The van der Waals surface area contributed by atoms with Crippen molar-refractivity contribution in [1.82, 2.24) is 14.8 Å². The molecular formula is C7H8N4O2. The number of nitrogens with one attached hydrogen (secondary N) is 1. The van der Waals surface area contributed by atoms with Gasteiger partial charge in [-0.25, -0.2) is 4.79 Å². The number of nitrogens with two attached hydrogens (primary N) is 1. The maximum absolute atomic E-state index is 10.8. The minimum atomic E-state index is -1.05. The van der Waals surface area contributed by atoms with Crippen molar-refractivity contribution in [3.63, 3.8) is 0 Å². The lowest BCUT2D eigenvalue weighted by Gasteiger charge is -1.94. The number of anilines is 1. The van der Waals surface area contributed by atoms with Crippen LogP contribution in [-0.2, 0) is 7.05 Å². The summed E-state index contributed by atoms with van der Waals surface area (Å²) < 4.78 is 1.48. The topological polar surface area (TPSA) is 96.9 Å². The molecule has 0 spiro atoms. The van der Waals surface area contributed by atoms with E-state index in [0.717, 1.165) is 0 Å². The molecule has 13 heavy (non-hydrogen) atoms. The van der Waals surface area contributed by atoms with Crippen LogP contribution in [0.5, 0.6) is 0 Å². The van der Waals surface area contributed by atoms with Crippen molar-refractivity contribution in [2.24, 2.45) is 7.05 Å². The molecule has 0 unspecified atom stereocenters. The quantitative estimate of drug-likeness (QED) is 0.583. The SMILES string of the molecule is Cn1ncc2[nH]c(N)c(C(=O)O)c21. The smallest absolute Gasteiger partial charge is 0.341 e. The predicted molar refractivity (Wildman–Crippen MR) is 46.4 cm³/mol. The molecule has 68 valence electrons. The van der Waals surface area contributed by atoms with E-state index in [-0.39, 0.29) is 11.4 Å². The largest absolute Gasteiger partial charge is 0.477 e. The molecule has 2 aromatic heterocycles. The second-order valence-corrected chi connectivity index (χ2v) is 2.75. The number of rotatable bonds is 1. The highest BCUT2D eigenvalue weighted by Crippen LogP contribution is 2.22. The lowest BCUT2D eigenvalue weighted by Crippen LogP contribution is -2.03. The third-order valence-electron chi connectivity index (χ3n) is 1.93. The summed E-state index contributed by atoms with van der Waals surface area (Å²) in [6.45, 7) is 0. The van der Waals surface area contributed by atoms with E-state index in [2.05, 4.69) is 10.1 Å². The van der Waals surface area contributed by atoms with Crippen molar-refractivity contribution in [3.05, 3.63) is 11.8 Å². The van der Waals surface area contributed by atoms with Crippen LogP contribution in [0.3, 0.4) is 0 Å². The standard InChI is InChI=1S/C7H8N4O2/c1-11-5-3(2-9-11)10-6(8)4(5)7(12)13/h2,10H,8H2,1H3,(H,12,13). The number of carboxylic acid groups (broad SMARTS) is 1. The average molecular weight is 180 g/mol. The number of carbonyl (C=O) groups is 1. The lowest BCUT2D eigenvalue weighted by atomic mass is 10.3. The van der Waals surface area contributed by atoms with E-state index < -0.39 is 5.97 Å². The molecule has 4 N–H and O–H groups in total. The second-order valence-electron chi connectivity index (χ2n) is 2.75. The van der Waals surface area contributed by atoms with Crippen molar-refractivity contribution in [2.45, 2.75) is 0 Å². The van der Waals surface area contributed by atoms with Gasteiger partial charge in [0.1, 0.15) is 16.9 Å². The summed E-state index contributed by atoms with van der Waals surface area (Å²) >= 11 is 0. The summed E-state index contributed by atoms with van der Waals surface area (Å²) in [5.74, 6) is -0.886. The van der Waals surface area contributed by atoms with Gasteiger partial charge in [-0.3, -0.25) is 4.68 Å². The highest BCUT2D eigenvalue weighted by molar-refractivity contribution is 6.06. The molecule has 0 fully saturated rings.